The van der Waals surface area contributed by atoms with Gasteiger partial charge in [0.1, 0.15) is 22.2 Å². The molecule has 0 spiro atoms. The minimum atomic E-state index is -4.53. The Hall–Kier alpha value is -4.19. The Kier molecular flexibility index (Phi) is 5.60. The number of aromatic nitrogens is 3. The zero-order chi connectivity index (χ0) is 23.8. The average molecular weight is 470 g/mol. The number of hydrogen-bond acceptors (Lipinski definition) is 8. The smallest absolute Gasteiger partial charge is 0.349 e. The maximum atomic E-state index is 13.6. The molecule has 11 nitrogen and oxygen atoms in total. The van der Waals surface area contributed by atoms with Gasteiger partial charge in [-0.1, -0.05) is 6.07 Å². The maximum absolute atomic E-state index is 13.6. The van der Waals surface area contributed by atoms with Crippen molar-refractivity contribution in [1.29, 1.82) is 0 Å². The summed E-state index contributed by atoms with van der Waals surface area (Å²) in [5.74, 6) is 0.392. The van der Waals surface area contributed by atoms with Gasteiger partial charge in [0, 0.05) is 18.3 Å². The first kappa shape index (κ1) is 22.0. The first-order valence-corrected chi connectivity index (χ1v) is 11.1. The van der Waals surface area contributed by atoms with E-state index in [1.54, 1.807) is 37.3 Å². The van der Waals surface area contributed by atoms with Crippen molar-refractivity contribution in [2.75, 3.05) is 13.7 Å². The van der Waals surface area contributed by atoms with Gasteiger partial charge in [-0.15, -0.1) is 0 Å². The largest absolute Gasteiger partial charge is 0.495 e. The highest BCUT2D eigenvalue weighted by Gasteiger charge is 2.30. The number of fused-ring (bicyclic) bond motifs is 1. The molecular weight excluding hydrogens is 452 g/mol. The topological polar surface area (TPSA) is 136 Å². The SMILES string of the molecule is CCOc1ccc2c(c1)n(-c1ccccn1)c(=O)n2S(=O)(=O)c1ccc([N+](=O)[O-])cc1OC. The number of methoxy groups -OCH3 is 1. The molecule has 0 saturated heterocycles. The van der Waals surface area contributed by atoms with Crippen molar-refractivity contribution < 1.29 is 22.8 Å². The summed E-state index contributed by atoms with van der Waals surface area (Å²) >= 11 is 0. The molecule has 33 heavy (non-hydrogen) atoms. The molecule has 2 aromatic carbocycles. The van der Waals surface area contributed by atoms with Crippen LogP contribution in [0.3, 0.4) is 0 Å². The number of rotatable bonds is 7. The summed E-state index contributed by atoms with van der Waals surface area (Å²) < 4.78 is 39.7. The van der Waals surface area contributed by atoms with Gasteiger partial charge in [0.05, 0.1) is 35.7 Å². The minimum Gasteiger partial charge on any atom is -0.495 e. The van der Waals surface area contributed by atoms with Crippen LogP contribution in [0.5, 0.6) is 11.5 Å². The highest BCUT2D eigenvalue weighted by Crippen LogP contribution is 2.32. The summed E-state index contributed by atoms with van der Waals surface area (Å²) in [5, 5.41) is 11.1. The van der Waals surface area contributed by atoms with Gasteiger partial charge in [-0.25, -0.2) is 22.8 Å². The van der Waals surface area contributed by atoms with Gasteiger partial charge < -0.3 is 9.47 Å². The lowest BCUT2D eigenvalue weighted by Crippen LogP contribution is -2.29. The van der Waals surface area contributed by atoms with Gasteiger partial charge in [0.25, 0.3) is 15.7 Å². The normalized spacial score (nSPS) is 11.5. The van der Waals surface area contributed by atoms with Crippen molar-refractivity contribution in [3.8, 4) is 17.3 Å². The Labute approximate surface area is 187 Å². The molecule has 4 aromatic rings. The molecule has 0 fully saturated rings. The molecule has 0 N–H and O–H groups in total. The van der Waals surface area contributed by atoms with Crippen LogP contribution in [0.1, 0.15) is 6.92 Å². The van der Waals surface area contributed by atoms with E-state index in [2.05, 4.69) is 4.98 Å². The molecule has 0 atom stereocenters. The summed E-state index contributed by atoms with van der Waals surface area (Å²) in [6, 6.07) is 12.5. The fourth-order valence-electron chi connectivity index (χ4n) is 3.43. The molecule has 0 saturated carbocycles. The van der Waals surface area contributed by atoms with Gasteiger partial charge in [0.15, 0.2) is 0 Å². The lowest BCUT2D eigenvalue weighted by Gasteiger charge is -2.10. The monoisotopic (exact) mass is 470 g/mol. The van der Waals surface area contributed by atoms with Crippen molar-refractivity contribution >= 4 is 26.7 Å². The number of ether oxygens (including phenoxy) is 2. The van der Waals surface area contributed by atoms with E-state index in [9.17, 15) is 23.3 Å². The molecule has 12 heteroatoms. The van der Waals surface area contributed by atoms with Gasteiger partial charge in [-0.3, -0.25) is 10.1 Å². The molecule has 0 aliphatic rings. The van der Waals surface area contributed by atoms with Crippen LogP contribution in [0.2, 0.25) is 0 Å². The standard InChI is InChI=1S/C21H18N4O7S/c1-3-32-15-8-9-16-17(13-15)23(20-6-4-5-11-22-20)21(26)24(16)33(29,30)19-10-7-14(25(27)28)12-18(19)31-2/h4-13H,3H2,1-2H3. The molecule has 2 heterocycles. The zero-order valence-corrected chi connectivity index (χ0v) is 18.4. The summed E-state index contributed by atoms with van der Waals surface area (Å²) in [5.41, 5.74) is -0.906. The van der Waals surface area contributed by atoms with E-state index < -0.39 is 25.5 Å². The number of nitro benzene ring substituents is 1. The number of non-ortho nitro benzene ring substituents is 1. The number of nitro groups is 1. The number of hydrogen-bond donors (Lipinski definition) is 0. The second-order valence-corrected chi connectivity index (χ2v) is 8.51. The van der Waals surface area contributed by atoms with Crippen molar-refractivity contribution in [3.63, 3.8) is 0 Å². The fraction of sp³-hybridized carbons (Fsp3) is 0.143. The van der Waals surface area contributed by atoms with Crippen LogP contribution < -0.4 is 15.2 Å². The molecule has 0 radical (unpaired) electrons. The third-order valence-electron chi connectivity index (χ3n) is 4.84. The highest BCUT2D eigenvalue weighted by molar-refractivity contribution is 7.90. The van der Waals surface area contributed by atoms with E-state index in [1.807, 2.05) is 0 Å². The molecule has 0 aliphatic carbocycles. The highest BCUT2D eigenvalue weighted by atomic mass is 32.2. The van der Waals surface area contributed by atoms with Crippen LogP contribution in [-0.2, 0) is 10.0 Å². The quantitative estimate of drug-likeness (QED) is 0.297. The second kappa shape index (κ2) is 8.39. The van der Waals surface area contributed by atoms with Crippen LogP contribution in [0.15, 0.2) is 70.5 Å². The molecule has 0 aliphatic heterocycles. The Morgan fingerprint density at radius 1 is 1.09 bits per heavy atom. The Morgan fingerprint density at radius 2 is 1.88 bits per heavy atom. The van der Waals surface area contributed by atoms with Crippen LogP contribution in [0.4, 0.5) is 5.69 Å². The van der Waals surface area contributed by atoms with Crippen LogP contribution in [0, 0.1) is 10.1 Å². The van der Waals surface area contributed by atoms with Crippen molar-refractivity contribution in [3.05, 3.63) is 81.4 Å². The van der Waals surface area contributed by atoms with Gasteiger partial charge in [-0.2, -0.15) is 3.97 Å². The third kappa shape index (κ3) is 3.69. The average Bonchev–Trinajstić information content (AvgIpc) is 3.11. The van der Waals surface area contributed by atoms with E-state index in [4.69, 9.17) is 9.47 Å². The number of benzene rings is 2. The summed E-state index contributed by atoms with van der Waals surface area (Å²) in [7, 11) is -3.34. The summed E-state index contributed by atoms with van der Waals surface area (Å²) in [4.78, 5) is 27.7. The Balaban J connectivity index is 2.05. The number of nitrogens with zero attached hydrogens (tertiary/aromatic N) is 4. The molecule has 0 unspecified atom stereocenters. The van der Waals surface area contributed by atoms with Crippen LogP contribution in [0.25, 0.3) is 16.9 Å². The second-order valence-electron chi connectivity index (χ2n) is 6.75. The number of pyridine rings is 1. The Morgan fingerprint density at radius 3 is 2.52 bits per heavy atom. The lowest BCUT2D eigenvalue weighted by molar-refractivity contribution is -0.385. The van der Waals surface area contributed by atoms with Gasteiger partial charge in [-0.05, 0) is 37.3 Å². The molecule has 0 bridgehead atoms. The molecule has 0 amide bonds. The molecule has 2 aromatic heterocycles. The van der Waals surface area contributed by atoms with E-state index >= 15 is 0 Å². The predicted octanol–water partition coefficient (Wildman–Crippen LogP) is 2.74. The zero-order valence-electron chi connectivity index (χ0n) is 17.5. The Bertz CT molecular complexity index is 1530. The summed E-state index contributed by atoms with van der Waals surface area (Å²) in [6.07, 6.45) is 1.48. The van der Waals surface area contributed by atoms with Gasteiger partial charge >= 0.3 is 5.69 Å². The van der Waals surface area contributed by atoms with Crippen molar-refractivity contribution in [1.82, 2.24) is 13.5 Å². The maximum Gasteiger partial charge on any atom is 0.349 e. The van der Waals surface area contributed by atoms with Gasteiger partial charge in [0.2, 0.25) is 0 Å². The van der Waals surface area contributed by atoms with Crippen molar-refractivity contribution in [2.45, 2.75) is 11.8 Å². The first-order valence-electron chi connectivity index (χ1n) is 9.69. The van der Waals surface area contributed by atoms with Crippen LogP contribution >= 0.6 is 0 Å². The van der Waals surface area contributed by atoms with Crippen LogP contribution in [-0.4, -0.2) is 40.6 Å². The fourth-order valence-corrected chi connectivity index (χ4v) is 4.96. The van der Waals surface area contributed by atoms with Crippen molar-refractivity contribution in [2.24, 2.45) is 0 Å². The van der Waals surface area contributed by atoms with E-state index in [1.165, 1.54) is 19.4 Å². The molecule has 170 valence electrons. The van der Waals surface area contributed by atoms with E-state index in [-0.39, 0.29) is 28.3 Å². The first-order chi connectivity index (χ1) is 15.8. The summed E-state index contributed by atoms with van der Waals surface area (Å²) in [6.45, 7) is 2.17. The third-order valence-corrected chi connectivity index (χ3v) is 6.56. The van der Waals surface area contributed by atoms with E-state index in [0.717, 1.165) is 22.8 Å². The minimum absolute atomic E-state index is 0.0783. The van der Waals surface area contributed by atoms with E-state index in [0.29, 0.717) is 16.3 Å². The predicted molar refractivity (Wildman–Crippen MR) is 119 cm³/mol. The lowest BCUT2D eigenvalue weighted by atomic mass is 10.3. The number of imidazole rings is 1. The molecular formula is C21H18N4O7S. The molecule has 4 rings (SSSR count).